The van der Waals surface area contributed by atoms with E-state index in [0.29, 0.717) is 5.39 Å². The van der Waals surface area contributed by atoms with Gasteiger partial charge in [-0.05, 0) is 19.1 Å². The van der Waals surface area contributed by atoms with Crippen molar-refractivity contribution in [2.24, 2.45) is 0 Å². The molecule has 0 bridgehead atoms. The van der Waals surface area contributed by atoms with Gasteiger partial charge in [0.25, 0.3) is 5.69 Å². The lowest BCUT2D eigenvalue weighted by Crippen LogP contribution is -2.32. The molecule has 0 aliphatic carbocycles. The minimum Gasteiger partial charge on any atom is -0.418 e. The molecule has 1 heterocycles. The molecule has 9 heteroatoms. The Balaban J connectivity index is 0.000000347. The molecule has 0 saturated heterocycles. The first-order chi connectivity index (χ1) is 9.24. The van der Waals surface area contributed by atoms with E-state index in [1.807, 2.05) is 29.8 Å². The van der Waals surface area contributed by atoms with Crippen LogP contribution in [0.4, 0.5) is 23.0 Å². The third kappa shape index (κ3) is 4.49. The van der Waals surface area contributed by atoms with Gasteiger partial charge in [-0.15, -0.1) is 0 Å². The Morgan fingerprint density at radius 2 is 1.80 bits per heavy atom. The maximum Gasteiger partial charge on any atom is 0.673 e. The van der Waals surface area contributed by atoms with Crippen molar-refractivity contribution in [1.29, 1.82) is 0 Å². The van der Waals surface area contributed by atoms with Crippen LogP contribution in [0.5, 0.6) is 0 Å². The summed E-state index contributed by atoms with van der Waals surface area (Å²) in [6, 6.07) is 8.75. The molecule has 0 spiro atoms. The highest BCUT2D eigenvalue weighted by Crippen LogP contribution is 2.22. The molecular weight excluding hydrogens is 279 g/mol. The van der Waals surface area contributed by atoms with Gasteiger partial charge >= 0.3 is 7.25 Å². The van der Waals surface area contributed by atoms with Crippen molar-refractivity contribution in [2.75, 3.05) is 0 Å². The lowest BCUT2D eigenvalue weighted by molar-refractivity contribution is -0.667. The maximum absolute atomic E-state index is 10.8. The summed E-state index contributed by atoms with van der Waals surface area (Å²) in [6.07, 6.45) is 1.92. The van der Waals surface area contributed by atoms with Gasteiger partial charge in [-0.25, -0.2) is 0 Å². The summed E-state index contributed by atoms with van der Waals surface area (Å²) in [5.74, 6) is 0. The lowest BCUT2D eigenvalue weighted by Gasteiger charge is -1.98. The Hall–Kier alpha value is -2.19. The van der Waals surface area contributed by atoms with Crippen molar-refractivity contribution < 1.29 is 26.8 Å². The molecule has 0 N–H and O–H groups in total. The zero-order valence-electron chi connectivity index (χ0n) is 10.5. The second-order valence-corrected chi connectivity index (χ2v) is 3.76. The summed E-state index contributed by atoms with van der Waals surface area (Å²) < 4.78 is 41.0. The van der Waals surface area contributed by atoms with Crippen LogP contribution in [0.25, 0.3) is 10.9 Å². The molecule has 0 amide bonds. The fourth-order valence-electron chi connectivity index (χ4n) is 1.72. The number of benzene rings is 1. The molecule has 0 radical (unpaired) electrons. The number of hydrogen-bond acceptors (Lipinski definition) is 2. The van der Waals surface area contributed by atoms with Gasteiger partial charge < -0.3 is 17.3 Å². The fourth-order valence-corrected chi connectivity index (χ4v) is 1.72. The molecule has 0 aliphatic heterocycles. The summed E-state index contributed by atoms with van der Waals surface area (Å²) in [6.45, 7) is 2.82. The third-order valence-electron chi connectivity index (χ3n) is 2.44. The Morgan fingerprint density at radius 3 is 2.30 bits per heavy atom. The standard InChI is InChI=1S/C11H11N2O2.BF4/c1-2-12-8-4-5-9-10(12)6-3-7-11(9)13(14)15;2-1(3,4)5/h3-8H,2H2,1H3;/q+1;-1. The molecule has 0 aliphatic rings. The van der Waals surface area contributed by atoms with E-state index in [0.717, 1.165) is 12.1 Å². The number of nitro groups is 1. The van der Waals surface area contributed by atoms with Crippen molar-refractivity contribution in [3.8, 4) is 0 Å². The molecule has 0 atom stereocenters. The van der Waals surface area contributed by atoms with Crippen LogP contribution in [0.2, 0.25) is 0 Å². The second kappa shape index (κ2) is 6.31. The summed E-state index contributed by atoms with van der Waals surface area (Å²) >= 11 is 0. The number of non-ortho nitro benzene ring substituents is 1. The van der Waals surface area contributed by atoms with Gasteiger partial charge in [0, 0.05) is 18.2 Å². The van der Waals surface area contributed by atoms with Crippen molar-refractivity contribution >= 4 is 23.8 Å². The van der Waals surface area contributed by atoms with Gasteiger partial charge in [0.05, 0.1) is 4.92 Å². The number of hydrogen-bond donors (Lipinski definition) is 0. The third-order valence-corrected chi connectivity index (χ3v) is 2.44. The summed E-state index contributed by atoms with van der Waals surface area (Å²) in [7, 11) is -6.00. The van der Waals surface area contributed by atoms with E-state index in [-0.39, 0.29) is 10.6 Å². The highest BCUT2D eigenvalue weighted by Gasteiger charge is 2.20. The van der Waals surface area contributed by atoms with E-state index < -0.39 is 7.25 Å². The van der Waals surface area contributed by atoms with Crippen molar-refractivity contribution in [2.45, 2.75) is 13.5 Å². The average molecular weight is 290 g/mol. The van der Waals surface area contributed by atoms with Crippen LogP contribution in [0.3, 0.4) is 0 Å². The number of aromatic nitrogens is 1. The maximum atomic E-state index is 10.8. The lowest BCUT2D eigenvalue weighted by atomic mass is 10.2. The largest absolute Gasteiger partial charge is 0.673 e. The SMILES string of the molecule is CC[n+]1cccc2c([N+](=O)[O-])cccc21.F[B-](F)(F)F. The van der Waals surface area contributed by atoms with Crippen LogP contribution in [0, 0.1) is 10.1 Å². The topological polar surface area (TPSA) is 47.0 Å². The van der Waals surface area contributed by atoms with E-state index in [4.69, 9.17) is 0 Å². The fraction of sp³-hybridized carbons (Fsp3) is 0.182. The number of pyridine rings is 1. The van der Waals surface area contributed by atoms with Crippen LogP contribution in [0.15, 0.2) is 36.5 Å². The van der Waals surface area contributed by atoms with E-state index in [1.165, 1.54) is 6.07 Å². The Bertz CT molecular complexity index is 613. The van der Waals surface area contributed by atoms with Gasteiger partial charge in [-0.1, -0.05) is 0 Å². The molecule has 0 saturated carbocycles. The Labute approximate surface area is 111 Å². The summed E-state index contributed by atoms with van der Waals surface area (Å²) in [5.41, 5.74) is 1.06. The van der Waals surface area contributed by atoms with Crippen LogP contribution < -0.4 is 4.57 Å². The first kappa shape index (κ1) is 15.9. The highest BCUT2D eigenvalue weighted by molar-refractivity contribution is 6.50. The molecule has 1 aromatic heterocycles. The van der Waals surface area contributed by atoms with E-state index in [9.17, 15) is 27.4 Å². The first-order valence-electron chi connectivity index (χ1n) is 5.67. The number of nitro benzene ring substituents is 1. The Kier molecular flexibility index (Phi) is 5.01. The molecule has 20 heavy (non-hydrogen) atoms. The molecule has 2 aromatic rings. The smallest absolute Gasteiger partial charge is 0.418 e. The average Bonchev–Trinajstić information content (AvgIpc) is 2.35. The minimum atomic E-state index is -6.00. The second-order valence-electron chi connectivity index (χ2n) is 3.76. The molecule has 108 valence electrons. The normalized spacial score (nSPS) is 10.8. The summed E-state index contributed by atoms with van der Waals surface area (Å²) in [4.78, 5) is 10.5. The van der Waals surface area contributed by atoms with Crippen LogP contribution in [0.1, 0.15) is 6.92 Å². The van der Waals surface area contributed by atoms with Gasteiger partial charge in [0.2, 0.25) is 5.52 Å². The predicted molar refractivity (Wildman–Crippen MR) is 66.7 cm³/mol. The van der Waals surface area contributed by atoms with Crippen LogP contribution >= 0.6 is 0 Å². The van der Waals surface area contributed by atoms with Gasteiger partial charge in [0.1, 0.15) is 11.9 Å². The van der Waals surface area contributed by atoms with E-state index in [1.54, 1.807) is 12.1 Å². The molecule has 0 fully saturated rings. The van der Waals surface area contributed by atoms with Crippen molar-refractivity contribution in [3.63, 3.8) is 0 Å². The van der Waals surface area contributed by atoms with Crippen LogP contribution in [-0.2, 0) is 6.54 Å². The number of halogens is 4. The van der Waals surface area contributed by atoms with Gasteiger partial charge in [-0.3, -0.25) is 10.1 Å². The molecule has 4 nitrogen and oxygen atoms in total. The first-order valence-corrected chi connectivity index (χ1v) is 5.67. The molecular formula is C11H11BF4N2O2. The monoisotopic (exact) mass is 290 g/mol. The zero-order chi connectivity index (χ0) is 15.3. The molecule has 0 unspecified atom stereocenters. The number of rotatable bonds is 2. The van der Waals surface area contributed by atoms with E-state index in [2.05, 4.69) is 0 Å². The number of nitrogens with zero attached hydrogens (tertiary/aromatic N) is 2. The highest BCUT2D eigenvalue weighted by atomic mass is 19.5. The van der Waals surface area contributed by atoms with Crippen molar-refractivity contribution in [1.82, 2.24) is 0 Å². The molecule has 2 rings (SSSR count). The minimum absolute atomic E-state index is 0.162. The quantitative estimate of drug-likeness (QED) is 0.280. The summed E-state index contributed by atoms with van der Waals surface area (Å²) in [5, 5.41) is 11.5. The predicted octanol–water partition coefficient (Wildman–Crippen LogP) is 3.36. The van der Waals surface area contributed by atoms with Crippen molar-refractivity contribution in [3.05, 3.63) is 46.6 Å². The number of fused-ring (bicyclic) bond motifs is 1. The van der Waals surface area contributed by atoms with Gasteiger partial charge in [-0.2, -0.15) is 4.57 Å². The zero-order valence-corrected chi connectivity index (χ0v) is 10.5. The Morgan fingerprint density at radius 1 is 1.20 bits per heavy atom. The van der Waals surface area contributed by atoms with Gasteiger partial charge in [0.15, 0.2) is 6.20 Å². The van der Waals surface area contributed by atoms with E-state index >= 15 is 0 Å². The number of aryl methyl sites for hydroxylation is 1. The molecule has 1 aromatic carbocycles. The van der Waals surface area contributed by atoms with Crippen LogP contribution in [-0.4, -0.2) is 12.2 Å².